The second-order valence-corrected chi connectivity index (χ2v) is 6.54. The first-order chi connectivity index (χ1) is 8.61. The van der Waals surface area contributed by atoms with Crippen LogP contribution in [0.1, 0.15) is 26.2 Å². The largest absolute Gasteiger partial charge is 0.350 e. The maximum Gasteiger partial charge on any atom is 0.264 e. The van der Waals surface area contributed by atoms with E-state index in [1.807, 2.05) is 19.0 Å². The zero-order valence-electron chi connectivity index (χ0n) is 11.8. The Bertz CT molecular complexity index is 404. The first kappa shape index (κ1) is 18.1. The van der Waals surface area contributed by atoms with Crippen LogP contribution in [0, 0.1) is 0 Å². The van der Waals surface area contributed by atoms with Crippen molar-refractivity contribution in [1.82, 2.24) is 10.2 Å². The summed E-state index contributed by atoms with van der Waals surface area (Å²) < 4.78 is 30.0. The number of nitrogens with one attached hydrogen (secondary N) is 1. The summed E-state index contributed by atoms with van der Waals surface area (Å²) >= 11 is 0. The third kappa shape index (κ3) is 10.7. The second-order valence-electron chi connectivity index (χ2n) is 4.97. The molecule has 0 fully saturated rings. The van der Waals surface area contributed by atoms with Gasteiger partial charge < -0.3 is 10.2 Å². The molecule has 0 bridgehead atoms. The van der Waals surface area contributed by atoms with Crippen LogP contribution in [0.3, 0.4) is 0 Å². The number of rotatable bonds is 9. The highest BCUT2D eigenvalue weighted by Gasteiger charge is 2.14. The van der Waals surface area contributed by atoms with Crippen molar-refractivity contribution in [3.63, 3.8) is 0 Å². The molecule has 0 rings (SSSR count). The standard InChI is InChI=1S/C12H24N2O4S/c1-10(2)12(15)13-11(7-8-14(3)4)6-5-9-19(16,17)18/h11H,1,5-9H2,2-4H3,(H,13,15)(H,16,17,18). The van der Waals surface area contributed by atoms with E-state index in [0.717, 1.165) is 13.0 Å². The molecule has 0 aliphatic rings. The maximum absolute atomic E-state index is 11.6. The van der Waals surface area contributed by atoms with Gasteiger partial charge in [-0.05, 0) is 46.8 Å². The minimum atomic E-state index is -3.94. The average molecular weight is 292 g/mol. The highest BCUT2D eigenvalue weighted by molar-refractivity contribution is 7.85. The molecular formula is C12H24N2O4S. The Morgan fingerprint density at radius 3 is 2.37 bits per heavy atom. The molecule has 1 unspecified atom stereocenters. The molecule has 0 aliphatic heterocycles. The molecule has 0 spiro atoms. The topological polar surface area (TPSA) is 86.7 Å². The number of hydrogen-bond donors (Lipinski definition) is 2. The van der Waals surface area contributed by atoms with Gasteiger partial charge in [0.2, 0.25) is 5.91 Å². The quantitative estimate of drug-likeness (QED) is 0.482. The Hall–Kier alpha value is -0.920. The van der Waals surface area contributed by atoms with Crippen LogP contribution in [0.15, 0.2) is 12.2 Å². The van der Waals surface area contributed by atoms with Crippen LogP contribution in [0.2, 0.25) is 0 Å². The fourth-order valence-electron chi connectivity index (χ4n) is 1.52. The number of amides is 1. The minimum absolute atomic E-state index is 0.117. The van der Waals surface area contributed by atoms with Crippen LogP contribution in [0.5, 0.6) is 0 Å². The maximum atomic E-state index is 11.6. The normalized spacial score (nSPS) is 13.3. The molecule has 19 heavy (non-hydrogen) atoms. The molecule has 0 aromatic rings. The number of carbonyl (C=O) groups is 1. The van der Waals surface area contributed by atoms with Gasteiger partial charge in [0, 0.05) is 11.6 Å². The van der Waals surface area contributed by atoms with Gasteiger partial charge in [-0.3, -0.25) is 9.35 Å². The van der Waals surface area contributed by atoms with Crippen LogP contribution in [0.4, 0.5) is 0 Å². The molecule has 0 heterocycles. The zero-order valence-corrected chi connectivity index (χ0v) is 12.7. The van der Waals surface area contributed by atoms with Crippen molar-refractivity contribution in [1.29, 1.82) is 0 Å². The summed E-state index contributed by atoms with van der Waals surface area (Å²) in [5, 5.41) is 2.82. The fraction of sp³-hybridized carbons (Fsp3) is 0.750. The smallest absolute Gasteiger partial charge is 0.264 e. The van der Waals surface area contributed by atoms with Crippen LogP contribution in [-0.2, 0) is 14.9 Å². The zero-order chi connectivity index (χ0) is 15.1. The molecule has 1 amide bonds. The summed E-state index contributed by atoms with van der Waals surface area (Å²) in [5.74, 6) is -0.510. The van der Waals surface area contributed by atoms with E-state index in [-0.39, 0.29) is 17.7 Å². The van der Waals surface area contributed by atoms with Gasteiger partial charge in [0.1, 0.15) is 0 Å². The lowest BCUT2D eigenvalue weighted by Gasteiger charge is -2.20. The molecule has 7 heteroatoms. The lowest BCUT2D eigenvalue weighted by Crippen LogP contribution is -2.37. The highest BCUT2D eigenvalue weighted by Crippen LogP contribution is 2.06. The van der Waals surface area contributed by atoms with E-state index in [4.69, 9.17) is 4.55 Å². The Kier molecular flexibility index (Phi) is 7.89. The molecule has 1 atom stereocenters. The van der Waals surface area contributed by atoms with E-state index < -0.39 is 10.1 Å². The lowest BCUT2D eigenvalue weighted by atomic mass is 10.1. The molecule has 112 valence electrons. The predicted molar refractivity (Wildman–Crippen MR) is 75.6 cm³/mol. The van der Waals surface area contributed by atoms with E-state index in [2.05, 4.69) is 11.9 Å². The van der Waals surface area contributed by atoms with Gasteiger partial charge in [-0.2, -0.15) is 8.42 Å². The Labute approximate surface area is 115 Å². The van der Waals surface area contributed by atoms with Gasteiger partial charge in [-0.1, -0.05) is 6.58 Å². The first-order valence-corrected chi connectivity index (χ1v) is 7.79. The number of hydrogen-bond acceptors (Lipinski definition) is 4. The molecule has 0 radical (unpaired) electrons. The highest BCUT2D eigenvalue weighted by atomic mass is 32.2. The second kappa shape index (κ2) is 8.29. The Morgan fingerprint density at radius 2 is 1.95 bits per heavy atom. The van der Waals surface area contributed by atoms with Crippen molar-refractivity contribution in [3.05, 3.63) is 12.2 Å². The van der Waals surface area contributed by atoms with Crippen molar-refractivity contribution in [2.75, 3.05) is 26.4 Å². The van der Waals surface area contributed by atoms with Gasteiger partial charge in [-0.25, -0.2) is 0 Å². The van der Waals surface area contributed by atoms with Crippen LogP contribution >= 0.6 is 0 Å². The van der Waals surface area contributed by atoms with Gasteiger partial charge in [0.25, 0.3) is 10.1 Å². The molecular weight excluding hydrogens is 268 g/mol. The van der Waals surface area contributed by atoms with Crippen LogP contribution in [0.25, 0.3) is 0 Å². The van der Waals surface area contributed by atoms with Gasteiger partial charge in [-0.15, -0.1) is 0 Å². The van der Waals surface area contributed by atoms with Gasteiger partial charge in [0.15, 0.2) is 0 Å². The minimum Gasteiger partial charge on any atom is -0.350 e. The summed E-state index contributed by atoms with van der Waals surface area (Å²) in [6.45, 7) is 5.97. The number of nitrogens with zero attached hydrogens (tertiary/aromatic N) is 1. The molecule has 0 aromatic heterocycles. The third-order valence-corrected chi connectivity index (χ3v) is 3.41. The molecule has 6 nitrogen and oxygen atoms in total. The Morgan fingerprint density at radius 1 is 1.37 bits per heavy atom. The number of carbonyl (C=O) groups excluding carboxylic acids is 1. The third-order valence-electron chi connectivity index (χ3n) is 2.60. The van der Waals surface area contributed by atoms with Crippen molar-refractivity contribution in [3.8, 4) is 0 Å². The van der Waals surface area contributed by atoms with Crippen molar-refractivity contribution >= 4 is 16.0 Å². The van der Waals surface area contributed by atoms with Gasteiger partial charge >= 0.3 is 0 Å². The van der Waals surface area contributed by atoms with Crippen molar-refractivity contribution in [2.45, 2.75) is 32.2 Å². The fourth-order valence-corrected chi connectivity index (χ4v) is 2.05. The van der Waals surface area contributed by atoms with E-state index in [9.17, 15) is 13.2 Å². The summed E-state index contributed by atoms with van der Waals surface area (Å²) in [5.41, 5.74) is 0.421. The molecule has 0 aliphatic carbocycles. The van der Waals surface area contributed by atoms with E-state index in [1.165, 1.54) is 0 Å². The summed E-state index contributed by atoms with van der Waals surface area (Å²) in [6.07, 6.45) is 1.54. The van der Waals surface area contributed by atoms with Crippen molar-refractivity contribution < 1.29 is 17.8 Å². The first-order valence-electron chi connectivity index (χ1n) is 6.18. The average Bonchev–Trinajstić information content (AvgIpc) is 2.23. The predicted octanol–water partition coefficient (Wildman–Crippen LogP) is 0.667. The van der Waals surface area contributed by atoms with E-state index in [1.54, 1.807) is 6.92 Å². The van der Waals surface area contributed by atoms with Gasteiger partial charge in [0.05, 0.1) is 5.75 Å². The summed E-state index contributed by atoms with van der Waals surface area (Å²) in [6, 6.07) is -0.117. The SMILES string of the molecule is C=C(C)C(=O)NC(CCCS(=O)(=O)O)CCN(C)C. The summed E-state index contributed by atoms with van der Waals surface area (Å²) in [7, 11) is -0.0837. The Balaban J connectivity index is 4.33. The van der Waals surface area contributed by atoms with E-state index >= 15 is 0 Å². The molecule has 0 aromatic carbocycles. The van der Waals surface area contributed by atoms with Crippen LogP contribution in [-0.4, -0.2) is 56.2 Å². The van der Waals surface area contributed by atoms with E-state index in [0.29, 0.717) is 18.4 Å². The molecule has 0 saturated heterocycles. The van der Waals surface area contributed by atoms with Crippen LogP contribution < -0.4 is 5.32 Å². The summed E-state index contributed by atoms with van der Waals surface area (Å²) in [4.78, 5) is 13.6. The lowest BCUT2D eigenvalue weighted by molar-refractivity contribution is -0.118. The van der Waals surface area contributed by atoms with Crippen molar-refractivity contribution in [2.24, 2.45) is 0 Å². The monoisotopic (exact) mass is 292 g/mol. The molecule has 0 saturated carbocycles. The molecule has 2 N–H and O–H groups in total.